The maximum atomic E-state index is 13.5. The number of fused-ring (bicyclic) bond motifs is 1. The number of carboxylic acids is 2. The lowest BCUT2D eigenvalue weighted by Gasteiger charge is -2.21. The molecule has 0 aliphatic rings. The summed E-state index contributed by atoms with van der Waals surface area (Å²) in [6.07, 6.45) is 2.46. The summed E-state index contributed by atoms with van der Waals surface area (Å²) in [5, 5.41) is 37.6. The van der Waals surface area contributed by atoms with Crippen LogP contribution in [0.5, 0.6) is 5.75 Å². The Balaban J connectivity index is 1.67. The molecule has 0 saturated heterocycles. The summed E-state index contributed by atoms with van der Waals surface area (Å²) in [7, 11) is 1.44. The van der Waals surface area contributed by atoms with Gasteiger partial charge in [-0.3, -0.25) is 19.8 Å². The third-order valence-corrected chi connectivity index (χ3v) is 7.41. The number of nitrogens with one attached hydrogen (secondary N) is 4. The number of nitrogens with two attached hydrogens (primary N) is 1. The molecule has 0 spiro atoms. The Bertz CT molecular complexity index is 1740. The lowest BCUT2D eigenvalue weighted by atomic mass is 10.0. The highest BCUT2D eigenvalue weighted by Crippen LogP contribution is 2.31. The fourth-order valence-electron chi connectivity index (χ4n) is 5.05. The molecule has 242 valence electrons. The monoisotopic (exact) mass is 630 g/mol. The van der Waals surface area contributed by atoms with E-state index in [0.717, 1.165) is 17.3 Å². The van der Waals surface area contributed by atoms with Gasteiger partial charge < -0.3 is 41.2 Å². The minimum Gasteiger partial charge on any atom is -0.495 e. The molecule has 2 aromatic heterocycles. The van der Waals surface area contributed by atoms with E-state index in [4.69, 9.17) is 21.0 Å². The summed E-state index contributed by atoms with van der Waals surface area (Å²) in [5.74, 6) is -1.45. The van der Waals surface area contributed by atoms with Gasteiger partial charge in [0.1, 0.15) is 29.4 Å². The number of amides is 1. The molecule has 1 unspecified atom stereocenters. The molecule has 4 aromatic rings. The second-order valence-corrected chi connectivity index (χ2v) is 10.5. The second kappa shape index (κ2) is 15.5. The number of aromatic nitrogens is 3. The predicted molar refractivity (Wildman–Crippen MR) is 175 cm³/mol. The SMILES string of the molecule is CCC(CCN)Nc1ncnc(NCCC(=O)O)c1C(=N)c1ccc(NC(=O)c2cc3ccccc3n2CCC(=O)O)c(OC)c1. The Labute approximate surface area is 265 Å². The van der Waals surface area contributed by atoms with Crippen molar-refractivity contribution in [3.05, 3.63) is 71.7 Å². The van der Waals surface area contributed by atoms with Crippen LogP contribution in [0.25, 0.3) is 10.9 Å². The first kappa shape index (κ1) is 33.4. The van der Waals surface area contributed by atoms with Crippen molar-refractivity contribution in [3.8, 4) is 5.75 Å². The first-order valence-corrected chi connectivity index (χ1v) is 14.8. The van der Waals surface area contributed by atoms with E-state index in [9.17, 15) is 19.5 Å². The zero-order valence-corrected chi connectivity index (χ0v) is 25.7. The summed E-state index contributed by atoms with van der Waals surface area (Å²) in [4.78, 5) is 44.7. The fraction of sp³-hybridized carbons (Fsp3) is 0.312. The van der Waals surface area contributed by atoms with Crippen LogP contribution >= 0.6 is 0 Å². The molecule has 14 nitrogen and oxygen atoms in total. The van der Waals surface area contributed by atoms with E-state index in [2.05, 4.69) is 25.9 Å². The molecule has 8 N–H and O–H groups in total. The molecule has 46 heavy (non-hydrogen) atoms. The molecule has 4 rings (SSSR count). The molecule has 1 amide bonds. The van der Waals surface area contributed by atoms with Gasteiger partial charge in [-0.2, -0.15) is 0 Å². The number of nitrogens with zero attached hydrogens (tertiary/aromatic N) is 3. The first-order chi connectivity index (χ1) is 22.2. The van der Waals surface area contributed by atoms with Gasteiger partial charge in [0.15, 0.2) is 0 Å². The quantitative estimate of drug-likeness (QED) is 0.0827. The standard InChI is InChI=1S/C32H38N8O6/c1-3-21(10-13-33)38-31-28(30(36-18-37-31)35-14-11-26(41)42)29(34)20-8-9-22(25(17-20)46-2)39-32(45)24-16-19-6-4-5-7-23(19)40(24)15-12-27(43)44/h4-9,16-18,21,34H,3,10-15,33H2,1-2H3,(H,39,45)(H,41,42)(H,43,44)(H2,35,36,37,38). The number of hydrogen-bond donors (Lipinski definition) is 7. The van der Waals surface area contributed by atoms with Crippen LogP contribution in [0, 0.1) is 5.41 Å². The van der Waals surface area contributed by atoms with Gasteiger partial charge in [-0.25, -0.2) is 9.97 Å². The number of para-hydroxylation sites is 1. The van der Waals surface area contributed by atoms with Crippen molar-refractivity contribution in [2.24, 2.45) is 5.73 Å². The third-order valence-electron chi connectivity index (χ3n) is 7.41. The highest BCUT2D eigenvalue weighted by atomic mass is 16.5. The van der Waals surface area contributed by atoms with Crippen LogP contribution in [-0.2, 0) is 16.1 Å². The number of aryl methyl sites for hydroxylation is 1. The summed E-state index contributed by atoms with van der Waals surface area (Å²) in [5.41, 5.74) is 7.97. The van der Waals surface area contributed by atoms with E-state index in [-0.39, 0.29) is 49.3 Å². The van der Waals surface area contributed by atoms with Crippen LogP contribution in [0.3, 0.4) is 0 Å². The van der Waals surface area contributed by atoms with Crippen molar-refractivity contribution >= 4 is 51.8 Å². The maximum Gasteiger partial charge on any atom is 0.305 e. The van der Waals surface area contributed by atoms with E-state index in [1.54, 1.807) is 28.8 Å². The van der Waals surface area contributed by atoms with E-state index < -0.39 is 17.8 Å². The lowest BCUT2D eigenvalue weighted by molar-refractivity contribution is -0.138. The number of methoxy groups -OCH3 is 1. The number of carboxylic acid groups (broad SMARTS) is 2. The third kappa shape index (κ3) is 7.95. The van der Waals surface area contributed by atoms with Crippen molar-refractivity contribution in [2.45, 2.75) is 45.2 Å². The minimum atomic E-state index is -0.977. The Morgan fingerprint density at radius 2 is 1.78 bits per heavy atom. The summed E-state index contributed by atoms with van der Waals surface area (Å²) in [6, 6.07) is 13.9. The van der Waals surface area contributed by atoms with Gasteiger partial charge >= 0.3 is 11.9 Å². The molecule has 0 radical (unpaired) electrons. The molecular formula is C32H38N8O6. The molecular weight excluding hydrogens is 592 g/mol. The lowest BCUT2D eigenvalue weighted by Crippen LogP contribution is -2.25. The smallest absolute Gasteiger partial charge is 0.305 e. The molecule has 0 aliphatic carbocycles. The zero-order valence-electron chi connectivity index (χ0n) is 25.7. The number of carbonyl (C=O) groups excluding carboxylic acids is 1. The maximum absolute atomic E-state index is 13.5. The molecule has 0 bridgehead atoms. The number of benzene rings is 2. The van der Waals surface area contributed by atoms with E-state index in [1.165, 1.54) is 13.4 Å². The van der Waals surface area contributed by atoms with Crippen molar-refractivity contribution in [2.75, 3.05) is 36.1 Å². The number of anilines is 3. The molecule has 2 aromatic carbocycles. The summed E-state index contributed by atoms with van der Waals surface area (Å²) >= 11 is 0. The van der Waals surface area contributed by atoms with Crippen molar-refractivity contribution in [1.82, 2.24) is 14.5 Å². The number of ether oxygens (including phenoxy) is 1. The van der Waals surface area contributed by atoms with Gasteiger partial charge in [0.05, 0.1) is 36.9 Å². The Morgan fingerprint density at radius 3 is 2.48 bits per heavy atom. The van der Waals surface area contributed by atoms with Gasteiger partial charge in [0.25, 0.3) is 5.91 Å². The highest BCUT2D eigenvalue weighted by molar-refractivity contribution is 6.17. The van der Waals surface area contributed by atoms with Gasteiger partial charge in [-0.05, 0) is 43.7 Å². The Morgan fingerprint density at radius 1 is 1.04 bits per heavy atom. The zero-order chi connectivity index (χ0) is 33.2. The van der Waals surface area contributed by atoms with E-state index in [0.29, 0.717) is 41.3 Å². The Hall–Kier alpha value is -5.50. The molecule has 1 atom stereocenters. The number of rotatable bonds is 17. The largest absolute Gasteiger partial charge is 0.495 e. The minimum absolute atomic E-state index is 0.0171. The van der Waals surface area contributed by atoms with Crippen LogP contribution in [-0.4, -0.2) is 74.5 Å². The average molecular weight is 631 g/mol. The molecule has 0 saturated carbocycles. The van der Waals surface area contributed by atoms with Gasteiger partial charge in [0.2, 0.25) is 0 Å². The molecule has 2 heterocycles. The first-order valence-electron chi connectivity index (χ1n) is 14.8. The summed E-state index contributed by atoms with van der Waals surface area (Å²) < 4.78 is 7.28. The van der Waals surface area contributed by atoms with Crippen molar-refractivity contribution in [1.29, 1.82) is 5.41 Å². The normalized spacial score (nSPS) is 11.5. The van der Waals surface area contributed by atoms with Gasteiger partial charge in [-0.15, -0.1) is 0 Å². The van der Waals surface area contributed by atoms with Crippen LogP contribution in [0.2, 0.25) is 0 Å². The molecule has 14 heteroatoms. The second-order valence-electron chi connectivity index (χ2n) is 10.5. The van der Waals surface area contributed by atoms with E-state index in [1.807, 2.05) is 31.2 Å². The number of carbonyl (C=O) groups is 3. The Kier molecular flexibility index (Phi) is 11.2. The number of aliphatic carboxylic acids is 2. The topological polar surface area (TPSA) is 218 Å². The highest BCUT2D eigenvalue weighted by Gasteiger charge is 2.22. The van der Waals surface area contributed by atoms with Gasteiger partial charge in [0, 0.05) is 35.6 Å². The fourth-order valence-corrected chi connectivity index (χ4v) is 5.05. The molecule has 0 aliphatic heterocycles. The summed E-state index contributed by atoms with van der Waals surface area (Å²) in [6.45, 7) is 2.66. The number of hydrogen-bond acceptors (Lipinski definition) is 10. The van der Waals surface area contributed by atoms with Gasteiger partial charge in [-0.1, -0.05) is 31.2 Å². The molecule has 0 fully saturated rings. The predicted octanol–water partition coefficient (Wildman–Crippen LogP) is 4.01. The van der Waals surface area contributed by atoms with Crippen LogP contribution in [0.15, 0.2) is 54.9 Å². The van der Waals surface area contributed by atoms with Crippen molar-refractivity contribution < 1.29 is 29.3 Å². The van der Waals surface area contributed by atoms with Crippen LogP contribution in [0.1, 0.15) is 54.2 Å². The van der Waals surface area contributed by atoms with Crippen molar-refractivity contribution in [3.63, 3.8) is 0 Å². The van der Waals surface area contributed by atoms with Crippen LogP contribution < -0.4 is 26.4 Å². The van der Waals surface area contributed by atoms with E-state index >= 15 is 0 Å². The van der Waals surface area contributed by atoms with Crippen LogP contribution in [0.4, 0.5) is 17.3 Å². The average Bonchev–Trinajstić information content (AvgIpc) is 3.42.